The number of nitrogens with one attached hydrogen (secondary N) is 1. The van der Waals surface area contributed by atoms with E-state index < -0.39 is 5.97 Å². The summed E-state index contributed by atoms with van der Waals surface area (Å²) in [5, 5.41) is 11.3. The van der Waals surface area contributed by atoms with Crippen LogP contribution in [0.2, 0.25) is 0 Å². The molecule has 31 heavy (non-hydrogen) atoms. The number of hydrogen-bond acceptors (Lipinski definition) is 7. The molecule has 0 fully saturated rings. The minimum Gasteiger partial charge on any atom is -0.462 e. The van der Waals surface area contributed by atoms with Crippen molar-refractivity contribution in [3.63, 3.8) is 0 Å². The van der Waals surface area contributed by atoms with Crippen molar-refractivity contribution in [3.8, 4) is 11.3 Å². The van der Waals surface area contributed by atoms with Gasteiger partial charge in [-0.3, -0.25) is 4.79 Å². The Balaban J connectivity index is 1.61. The van der Waals surface area contributed by atoms with Gasteiger partial charge in [-0.1, -0.05) is 12.1 Å². The molecule has 10 nitrogen and oxygen atoms in total. The summed E-state index contributed by atoms with van der Waals surface area (Å²) in [6.07, 6.45) is 4.70. The van der Waals surface area contributed by atoms with Crippen molar-refractivity contribution in [1.82, 2.24) is 24.4 Å². The van der Waals surface area contributed by atoms with E-state index in [2.05, 4.69) is 20.5 Å². The minimum atomic E-state index is -0.476. The maximum absolute atomic E-state index is 12.5. The molecular weight excluding hydrogens is 400 g/mol. The molecular formula is C21H20N6O4. The van der Waals surface area contributed by atoms with Crippen LogP contribution in [0, 0.1) is 0 Å². The van der Waals surface area contributed by atoms with Crippen molar-refractivity contribution < 1.29 is 19.1 Å². The van der Waals surface area contributed by atoms with Gasteiger partial charge in [0.1, 0.15) is 12.3 Å². The summed E-state index contributed by atoms with van der Waals surface area (Å²) in [4.78, 5) is 28.9. The number of methoxy groups -OCH3 is 1. The van der Waals surface area contributed by atoms with Gasteiger partial charge < -0.3 is 14.8 Å². The van der Waals surface area contributed by atoms with Crippen molar-refractivity contribution >= 4 is 23.2 Å². The van der Waals surface area contributed by atoms with Gasteiger partial charge in [0, 0.05) is 30.8 Å². The number of nitrogens with zero attached hydrogens (tertiary/aromatic N) is 5. The predicted octanol–water partition coefficient (Wildman–Crippen LogP) is 2.63. The maximum Gasteiger partial charge on any atom is 0.343 e. The van der Waals surface area contributed by atoms with Gasteiger partial charge in [0.05, 0.1) is 18.5 Å². The average Bonchev–Trinajstić information content (AvgIpc) is 3.41. The van der Waals surface area contributed by atoms with Gasteiger partial charge in [-0.25, -0.2) is 19.0 Å². The highest BCUT2D eigenvalue weighted by atomic mass is 16.5. The van der Waals surface area contributed by atoms with Crippen LogP contribution in [0.1, 0.15) is 27.8 Å². The fourth-order valence-corrected chi connectivity index (χ4v) is 3.10. The lowest BCUT2D eigenvalue weighted by Gasteiger charge is -2.08. The molecule has 0 unspecified atom stereocenters. The van der Waals surface area contributed by atoms with Crippen LogP contribution in [-0.4, -0.2) is 50.0 Å². The third kappa shape index (κ3) is 4.14. The number of ether oxygens (including phenoxy) is 2. The van der Waals surface area contributed by atoms with Crippen molar-refractivity contribution in [1.29, 1.82) is 0 Å². The van der Waals surface area contributed by atoms with Crippen LogP contribution in [0.4, 0.5) is 5.69 Å². The summed E-state index contributed by atoms with van der Waals surface area (Å²) in [5.74, 6) is -0.813. The molecule has 4 aromatic rings. The largest absolute Gasteiger partial charge is 0.462 e. The van der Waals surface area contributed by atoms with E-state index in [9.17, 15) is 9.59 Å². The van der Waals surface area contributed by atoms with Crippen LogP contribution in [0.25, 0.3) is 16.9 Å². The zero-order valence-corrected chi connectivity index (χ0v) is 17.0. The van der Waals surface area contributed by atoms with Crippen LogP contribution in [0.15, 0.2) is 55.0 Å². The Hall–Kier alpha value is -4.05. The Labute approximate surface area is 177 Å². The van der Waals surface area contributed by atoms with Crippen molar-refractivity contribution in [2.24, 2.45) is 0 Å². The normalized spacial score (nSPS) is 10.9. The second kappa shape index (κ2) is 8.76. The molecule has 4 rings (SSSR count). The number of hydrogen-bond donors (Lipinski definition) is 1. The molecule has 0 atom stereocenters. The first-order valence-electron chi connectivity index (χ1n) is 9.54. The molecule has 0 aliphatic heterocycles. The number of anilines is 1. The second-order valence-electron chi connectivity index (χ2n) is 6.54. The number of amides is 1. The first-order chi connectivity index (χ1) is 15.1. The molecule has 0 saturated carbocycles. The molecule has 0 aliphatic carbocycles. The Morgan fingerprint density at radius 3 is 2.87 bits per heavy atom. The Bertz CT molecular complexity index is 1250. The Kier molecular flexibility index (Phi) is 5.72. The van der Waals surface area contributed by atoms with Gasteiger partial charge >= 0.3 is 5.97 Å². The summed E-state index contributed by atoms with van der Waals surface area (Å²) in [6, 6.07) is 10.7. The summed E-state index contributed by atoms with van der Waals surface area (Å²) in [7, 11) is 1.55. The molecule has 0 spiro atoms. The molecule has 158 valence electrons. The van der Waals surface area contributed by atoms with E-state index in [0.717, 1.165) is 5.56 Å². The number of aromatic nitrogens is 5. The lowest BCUT2D eigenvalue weighted by molar-refractivity contribution is 0.0528. The van der Waals surface area contributed by atoms with E-state index >= 15 is 0 Å². The van der Waals surface area contributed by atoms with Crippen molar-refractivity contribution in [3.05, 3.63) is 66.2 Å². The number of benzene rings is 1. The average molecular weight is 420 g/mol. The third-order valence-electron chi connectivity index (χ3n) is 4.45. The fraction of sp³-hybridized carbons (Fsp3) is 0.190. The lowest BCUT2D eigenvalue weighted by Crippen LogP contribution is -2.13. The van der Waals surface area contributed by atoms with E-state index in [1.165, 1.54) is 10.9 Å². The van der Waals surface area contributed by atoms with Crippen molar-refractivity contribution in [2.45, 2.75) is 13.7 Å². The highest BCUT2D eigenvalue weighted by Crippen LogP contribution is 2.24. The molecule has 1 N–H and O–H groups in total. The van der Waals surface area contributed by atoms with E-state index in [0.29, 0.717) is 22.6 Å². The van der Waals surface area contributed by atoms with Gasteiger partial charge in [0.2, 0.25) is 0 Å². The molecule has 3 aromatic heterocycles. The minimum absolute atomic E-state index is 0.262. The van der Waals surface area contributed by atoms with Crippen molar-refractivity contribution in [2.75, 3.05) is 19.0 Å². The number of rotatable bonds is 7. The molecule has 0 aliphatic rings. The number of fused-ring (bicyclic) bond motifs is 1. The summed E-state index contributed by atoms with van der Waals surface area (Å²) in [6.45, 7) is 2.27. The number of esters is 1. The van der Waals surface area contributed by atoms with Crippen LogP contribution < -0.4 is 5.32 Å². The van der Waals surface area contributed by atoms with E-state index in [1.807, 2.05) is 18.2 Å². The Morgan fingerprint density at radius 2 is 2.06 bits per heavy atom. The number of carbonyl (C=O) groups is 2. The smallest absolute Gasteiger partial charge is 0.343 e. The molecule has 0 saturated heterocycles. The van der Waals surface area contributed by atoms with Gasteiger partial charge in [-0.2, -0.15) is 10.2 Å². The van der Waals surface area contributed by atoms with E-state index in [1.54, 1.807) is 49.1 Å². The highest BCUT2D eigenvalue weighted by molar-refractivity contribution is 6.03. The lowest BCUT2D eigenvalue weighted by atomic mass is 10.1. The summed E-state index contributed by atoms with van der Waals surface area (Å²) >= 11 is 0. The predicted molar refractivity (Wildman–Crippen MR) is 112 cm³/mol. The summed E-state index contributed by atoms with van der Waals surface area (Å²) in [5.41, 5.74) is 3.05. The molecule has 0 radical (unpaired) electrons. The first-order valence-corrected chi connectivity index (χ1v) is 9.54. The zero-order chi connectivity index (χ0) is 21.8. The van der Waals surface area contributed by atoms with Crippen LogP contribution in [0.3, 0.4) is 0 Å². The summed E-state index contributed by atoms with van der Waals surface area (Å²) < 4.78 is 13.2. The van der Waals surface area contributed by atoms with Crippen LogP contribution in [-0.2, 0) is 16.2 Å². The second-order valence-corrected chi connectivity index (χ2v) is 6.54. The highest BCUT2D eigenvalue weighted by Gasteiger charge is 2.17. The molecule has 0 bridgehead atoms. The monoisotopic (exact) mass is 420 g/mol. The standard InChI is InChI=1S/C21H20N6O4/c1-3-31-21(29)16-12-23-27-18(7-9-22-19(16)27)14-5-4-6-15(11-14)24-20(28)17-8-10-26(25-17)13-30-2/h4-12H,3,13H2,1-2H3,(H,24,28). The first kappa shape index (κ1) is 20.2. The van der Waals surface area contributed by atoms with Gasteiger partial charge in [0.25, 0.3) is 5.91 Å². The van der Waals surface area contributed by atoms with Crippen LogP contribution >= 0.6 is 0 Å². The van der Waals surface area contributed by atoms with Gasteiger partial charge in [-0.05, 0) is 31.2 Å². The molecule has 10 heteroatoms. The van der Waals surface area contributed by atoms with Gasteiger partial charge in [-0.15, -0.1) is 0 Å². The zero-order valence-electron chi connectivity index (χ0n) is 17.0. The molecule has 1 aromatic carbocycles. The van der Waals surface area contributed by atoms with E-state index in [-0.39, 0.29) is 24.9 Å². The topological polar surface area (TPSA) is 113 Å². The van der Waals surface area contributed by atoms with E-state index in [4.69, 9.17) is 9.47 Å². The fourth-order valence-electron chi connectivity index (χ4n) is 3.10. The molecule has 3 heterocycles. The maximum atomic E-state index is 12.5. The van der Waals surface area contributed by atoms with Gasteiger partial charge in [0.15, 0.2) is 11.3 Å². The van der Waals surface area contributed by atoms with Crippen LogP contribution in [0.5, 0.6) is 0 Å². The SMILES string of the molecule is CCOC(=O)c1cnn2c(-c3cccc(NC(=O)c4ccn(COC)n4)c3)ccnc12. The third-order valence-corrected chi connectivity index (χ3v) is 4.45. The molecule has 1 amide bonds. The number of carbonyl (C=O) groups excluding carboxylic acids is 2. The quantitative estimate of drug-likeness (QED) is 0.457. The Morgan fingerprint density at radius 1 is 1.19 bits per heavy atom.